The van der Waals surface area contributed by atoms with Gasteiger partial charge in [-0.25, -0.2) is 24.4 Å². The van der Waals surface area contributed by atoms with E-state index in [1.54, 1.807) is 72.8 Å². The van der Waals surface area contributed by atoms with Crippen LogP contribution in [0.25, 0.3) is 90.9 Å². The fourth-order valence-electron chi connectivity index (χ4n) is 7.65. The quantitative estimate of drug-likeness (QED) is 0.0718. The van der Waals surface area contributed by atoms with Gasteiger partial charge in [0.15, 0.2) is 0 Å². The maximum absolute atomic E-state index is 11.9. The normalized spacial score (nSPS) is 11.6. The van der Waals surface area contributed by atoms with E-state index >= 15 is 0 Å². The van der Waals surface area contributed by atoms with Gasteiger partial charge in [0, 0.05) is 50.9 Å². The molecular weight excluding hydrogens is 836 g/mol. The molecule has 8 bridgehead atoms. The third-order valence-corrected chi connectivity index (χ3v) is 10.5. The van der Waals surface area contributed by atoms with Crippen LogP contribution in [0.3, 0.4) is 0 Å². The summed E-state index contributed by atoms with van der Waals surface area (Å²) in [5.74, 6) is -2.46. The van der Waals surface area contributed by atoms with Gasteiger partial charge in [-0.1, -0.05) is 48.5 Å². The van der Waals surface area contributed by atoms with Crippen molar-refractivity contribution in [2.45, 2.75) is 0 Å². The summed E-state index contributed by atoms with van der Waals surface area (Å²) in [5, 5.41) is 29.1. The van der Waals surface area contributed by atoms with E-state index < -0.39 is 17.9 Å². The zero-order valence-corrected chi connectivity index (χ0v) is 35.9. The van der Waals surface area contributed by atoms with Gasteiger partial charge in [-0.2, -0.15) is 0 Å². The minimum atomic E-state index is -1.05. The first kappa shape index (κ1) is 41.0. The molecule has 2 aliphatic rings. The number of carboxylic acids is 3. The zero-order chi connectivity index (χ0) is 42.2. The van der Waals surface area contributed by atoms with E-state index in [9.17, 15) is 29.7 Å². The van der Waals surface area contributed by atoms with Crippen LogP contribution in [0.2, 0.25) is 0 Å². The molecule has 0 atom stereocenters. The van der Waals surface area contributed by atoms with Crippen LogP contribution in [0.5, 0.6) is 5.75 Å². The molecule has 0 aliphatic carbocycles. The Balaban J connectivity index is 0.00000529. The Labute approximate surface area is 366 Å². The number of fused-ring (bicyclic) bond motifs is 8. The van der Waals surface area contributed by atoms with E-state index in [-0.39, 0.29) is 36.2 Å². The Morgan fingerprint density at radius 1 is 0.452 bits per heavy atom. The summed E-state index contributed by atoms with van der Waals surface area (Å²) in [6, 6.07) is 35.3. The number of aromatic nitrogens is 4. The molecule has 298 valence electrons. The second-order valence-corrected chi connectivity index (χ2v) is 14.3. The Hall–Kier alpha value is -7.73. The molecule has 0 unspecified atom stereocenters. The van der Waals surface area contributed by atoms with Crippen LogP contribution < -0.4 is 10.5 Å². The van der Waals surface area contributed by atoms with Crippen molar-refractivity contribution >= 4 is 64.3 Å². The maximum Gasteiger partial charge on any atom is 2.00 e. The molecule has 0 saturated carbocycles. The number of aromatic amines is 2. The predicted molar refractivity (Wildman–Crippen MR) is 236 cm³/mol. The van der Waals surface area contributed by atoms with Gasteiger partial charge >= 0.3 is 37.4 Å². The van der Waals surface area contributed by atoms with Crippen LogP contribution in [0.15, 0.2) is 121 Å². The Kier molecular flexibility index (Phi) is 11.3. The number of hydrogen-bond donors (Lipinski definition) is 6. The summed E-state index contributed by atoms with van der Waals surface area (Å²) in [6.07, 6.45) is 7.67. The number of nitrogens with one attached hydrogen (secondary N) is 2. The molecule has 3 aromatic heterocycles. The van der Waals surface area contributed by atoms with E-state index in [4.69, 9.17) is 20.4 Å². The first-order chi connectivity index (χ1) is 29.6. The number of rotatable bonds is 10. The van der Waals surface area contributed by atoms with Crippen molar-refractivity contribution in [2.75, 3.05) is 13.2 Å². The van der Waals surface area contributed by atoms with E-state index in [1.807, 2.05) is 72.8 Å². The molecular formula is C49H35N5O7Zn+2. The van der Waals surface area contributed by atoms with Crippen molar-refractivity contribution < 1.29 is 53.9 Å². The number of ether oxygens (including phenoxy) is 1. The van der Waals surface area contributed by atoms with Crippen molar-refractivity contribution in [3.63, 3.8) is 0 Å². The van der Waals surface area contributed by atoms with E-state index in [0.717, 1.165) is 38.9 Å². The Bertz CT molecular complexity index is 3080. The smallest absolute Gasteiger partial charge is 0.492 e. The number of H-pyrrole nitrogens is 2. The topological polar surface area (TPSA) is 205 Å². The van der Waals surface area contributed by atoms with Gasteiger partial charge in [0.1, 0.15) is 12.4 Å². The molecule has 0 saturated heterocycles. The molecule has 0 fully saturated rings. The largest absolute Gasteiger partial charge is 2.00 e. The molecule has 4 aromatic carbocycles. The van der Waals surface area contributed by atoms with Gasteiger partial charge in [-0.05, 0) is 119 Å². The second kappa shape index (κ2) is 17.1. The van der Waals surface area contributed by atoms with Crippen LogP contribution in [0.4, 0.5) is 0 Å². The SMILES string of the molecule is NCCOc1ccc(-c2c3nc(c(-c4ccc(C(=O)O)cc4)c4ccc([nH]4)c(-c4ccc(C(=O)O)cc4)c4nc(c(-c5ccc(C(=O)O)cc5)c5ccc2[nH]5)C=C4)C=C3)cc1.[Zn+2]. The standard InChI is InChI=1S/C49H35N5O7.Zn/c50-25-26-61-34-15-13-30(14-16-34)46-41-23-21-39(53-41)44(28-3-9-32(10-4-28)48(57)58)37-19-17-35(51-37)43(27-1-7-31(8-2-27)47(55)56)36-18-20-38(52-36)45(40-22-24-42(46)54-40)29-5-11-33(12-6-29)49(59)60;/h1-24,51,54H,25-26,50H2,(H,55,56)(H,57,58)(H,59,60);/q;+2. The van der Waals surface area contributed by atoms with Crippen molar-refractivity contribution in [1.29, 1.82) is 0 Å². The molecule has 9 rings (SSSR count). The first-order valence-corrected chi connectivity index (χ1v) is 19.3. The van der Waals surface area contributed by atoms with E-state index in [2.05, 4.69) is 9.97 Å². The number of aromatic carboxylic acids is 3. The fourth-order valence-corrected chi connectivity index (χ4v) is 7.65. The molecule has 0 amide bonds. The molecule has 5 heterocycles. The number of benzene rings is 4. The summed E-state index contributed by atoms with van der Waals surface area (Å²) < 4.78 is 5.79. The summed E-state index contributed by atoms with van der Waals surface area (Å²) in [7, 11) is 0. The Morgan fingerprint density at radius 3 is 0.984 bits per heavy atom. The van der Waals surface area contributed by atoms with Crippen molar-refractivity contribution in [3.05, 3.63) is 161 Å². The second-order valence-electron chi connectivity index (χ2n) is 14.3. The van der Waals surface area contributed by atoms with Crippen molar-refractivity contribution in [2.24, 2.45) is 5.73 Å². The molecule has 2 aliphatic heterocycles. The minimum Gasteiger partial charge on any atom is -0.492 e. The average molecular weight is 871 g/mol. The van der Waals surface area contributed by atoms with Crippen LogP contribution in [-0.4, -0.2) is 66.3 Å². The van der Waals surface area contributed by atoms with Gasteiger partial charge in [0.05, 0.1) is 39.5 Å². The van der Waals surface area contributed by atoms with E-state index in [1.165, 1.54) is 0 Å². The molecule has 12 nitrogen and oxygen atoms in total. The summed E-state index contributed by atoms with van der Waals surface area (Å²) in [4.78, 5) is 53.3. The monoisotopic (exact) mass is 869 g/mol. The summed E-state index contributed by atoms with van der Waals surface area (Å²) in [5.41, 5.74) is 17.3. The number of carboxylic acid groups (broad SMARTS) is 3. The van der Waals surface area contributed by atoms with Gasteiger partial charge in [-0.3, -0.25) is 0 Å². The Morgan fingerprint density at radius 2 is 0.726 bits per heavy atom. The van der Waals surface area contributed by atoms with Crippen LogP contribution in [0, 0.1) is 0 Å². The van der Waals surface area contributed by atoms with Gasteiger partial charge in [0.2, 0.25) is 0 Å². The summed E-state index contributed by atoms with van der Waals surface area (Å²) >= 11 is 0. The average Bonchev–Trinajstić information content (AvgIpc) is 4.12. The molecule has 62 heavy (non-hydrogen) atoms. The number of carbonyl (C=O) groups is 3. The van der Waals surface area contributed by atoms with Crippen molar-refractivity contribution in [1.82, 2.24) is 19.9 Å². The minimum absolute atomic E-state index is 0. The molecule has 7 N–H and O–H groups in total. The van der Waals surface area contributed by atoms with Crippen LogP contribution in [0.1, 0.15) is 53.8 Å². The van der Waals surface area contributed by atoms with Crippen molar-refractivity contribution in [3.8, 4) is 50.3 Å². The van der Waals surface area contributed by atoms with E-state index in [0.29, 0.717) is 69.4 Å². The first-order valence-electron chi connectivity index (χ1n) is 19.3. The predicted octanol–water partition coefficient (Wildman–Crippen LogP) is 9.75. The summed E-state index contributed by atoms with van der Waals surface area (Å²) in [6.45, 7) is 0.748. The number of hydrogen-bond acceptors (Lipinski definition) is 7. The van der Waals surface area contributed by atoms with Gasteiger partial charge in [0.25, 0.3) is 0 Å². The van der Waals surface area contributed by atoms with Gasteiger partial charge in [-0.15, -0.1) is 0 Å². The molecule has 0 radical (unpaired) electrons. The van der Waals surface area contributed by atoms with Crippen LogP contribution >= 0.6 is 0 Å². The maximum atomic E-state index is 11.9. The number of nitrogens with two attached hydrogens (primary N) is 1. The van der Waals surface area contributed by atoms with Gasteiger partial charge < -0.3 is 35.8 Å². The molecule has 0 spiro atoms. The molecule has 7 aromatic rings. The molecule has 13 heteroatoms. The zero-order valence-electron chi connectivity index (χ0n) is 32.9. The third-order valence-electron chi connectivity index (χ3n) is 10.5. The van der Waals surface area contributed by atoms with Crippen LogP contribution in [-0.2, 0) is 19.5 Å². The fraction of sp³-hybridized carbons (Fsp3) is 0.0408. The number of nitrogens with zero attached hydrogens (tertiary/aromatic N) is 2. The third kappa shape index (κ3) is 7.85.